The predicted octanol–water partition coefficient (Wildman–Crippen LogP) is 1.36. The fourth-order valence-corrected chi connectivity index (χ4v) is 1.77. The molecule has 1 aromatic rings. The number of nitrogens with one attached hydrogen (secondary N) is 2. The first kappa shape index (κ1) is 17.2. The summed E-state index contributed by atoms with van der Waals surface area (Å²) < 4.78 is 10.8. The van der Waals surface area contributed by atoms with E-state index in [0.29, 0.717) is 12.4 Å². The van der Waals surface area contributed by atoms with E-state index in [1.165, 1.54) is 11.8 Å². The van der Waals surface area contributed by atoms with Gasteiger partial charge in [0.2, 0.25) is 5.91 Å². The minimum absolute atomic E-state index is 0.260. The van der Waals surface area contributed by atoms with Gasteiger partial charge in [0.25, 0.3) is 5.91 Å². The van der Waals surface area contributed by atoms with E-state index in [4.69, 9.17) is 9.47 Å². The summed E-state index contributed by atoms with van der Waals surface area (Å²) in [5, 5.41) is 0. The average molecular weight is 312 g/mol. The van der Waals surface area contributed by atoms with E-state index >= 15 is 0 Å². The number of rotatable bonds is 7. The second kappa shape index (κ2) is 9.12. The van der Waals surface area contributed by atoms with Crippen molar-refractivity contribution < 1.29 is 19.1 Å². The zero-order valence-corrected chi connectivity index (χ0v) is 13.2. The maximum Gasteiger partial charge on any atom is 0.279 e. The van der Waals surface area contributed by atoms with Crippen LogP contribution < -0.4 is 20.3 Å². The second-order valence-electron chi connectivity index (χ2n) is 4.13. The third kappa shape index (κ3) is 6.40. The van der Waals surface area contributed by atoms with Crippen LogP contribution in [0.15, 0.2) is 24.3 Å². The second-order valence-corrected chi connectivity index (χ2v) is 5.00. The molecule has 21 heavy (non-hydrogen) atoms. The minimum atomic E-state index is -0.725. The molecule has 0 fully saturated rings. The Kier molecular flexibility index (Phi) is 7.45. The lowest BCUT2D eigenvalue weighted by Crippen LogP contribution is -2.47. The van der Waals surface area contributed by atoms with Crippen molar-refractivity contribution in [1.82, 2.24) is 10.9 Å². The van der Waals surface area contributed by atoms with Gasteiger partial charge in [-0.3, -0.25) is 20.4 Å². The van der Waals surface area contributed by atoms with E-state index in [-0.39, 0.29) is 11.7 Å². The Hall–Kier alpha value is -1.89. The van der Waals surface area contributed by atoms with Crippen LogP contribution >= 0.6 is 11.8 Å². The molecule has 0 bridgehead atoms. The Bertz CT molecular complexity index is 465. The van der Waals surface area contributed by atoms with Gasteiger partial charge in [0.15, 0.2) is 6.10 Å². The van der Waals surface area contributed by atoms with Crippen molar-refractivity contribution in [2.75, 3.05) is 18.6 Å². The number of amides is 2. The third-order valence-electron chi connectivity index (χ3n) is 2.42. The zero-order valence-electron chi connectivity index (χ0n) is 12.3. The summed E-state index contributed by atoms with van der Waals surface area (Å²) in [5.74, 6) is 0.902. The molecule has 1 aromatic carbocycles. The summed E-state index contributed by atoms with van der Waals surface area (Å²) in [6.07, 6.45) is 1.08. The minimum Gasteiger partial charge on any atom is -0.494 e. The van der Waals surface area contributed by atoms with Crippen LogP contribution in [0, 0.1) is 0 Å². The molecule has 6 nitrogen and oxygen atoms in total. The van der Waals surface area contributed by atoms with E-state index in [1.807, 2.05) is 6.92 Å². The number of hydrogen-bond donors (Lipinski definition) is 2. The van der Waals surface area contributed by atoms with Gasteiger partial charge in [-0.05, 0) is 44.4 Å². The number of carbonyl (C=O) groups excluding carboxylic acids is 2. The fraction of sp³-hybridized carbons (Fsp3) is 0.429. The molecule has 1 rings (SSSR count). The zero-order chi connectivity index (χ0) is 15.7. The van der Waals surface area contributed by atoms with E-state index in [2.05, 4.69) is 10.9 Å². The van der Waals surface area contributed by atoms with Gasteiger partial charge in [0.05, 0.1) is 12.4 Å². The Morgan fingerprint density at radius 2 is 1.81 bits per heavy atom. The van der Waals surface area contributed by atoms with Crippen molar-refractivity contribution in [2.45, 2.75) is 20.0 Å². The van der Waals surface area contributed by atoms with Crippen LogP contribution in [0.2, 0.25) is 0 Å². The maximum absolute atomic E-state index is 11.7. The van der Waals surface area contributed by atoms with E-state index in [1.54, 1.807) is 37.4 Å². The highest BCUT2D eigenvalue weighted by Crippen LogP contribution is 2.18. The standard InChI is InChI=1S/C14H20N2O4S/c1-4-19-11-5-7-12(8-6-11)20-10(2)14(18)16-15-13(17)9-21-3/h5-8,10H,4,9H2,1-3H3,(H,15,17)(H,16,18)/t10-/m1/s1. The molecular formula is C14H20N2O4S. The lowest BCUT2D eigenvalue weighted by Gasteiger charge is -2.15. The molecule has 0 saturated carbocycles. The van der Waals surface area contributed by atoms with Gasteiger partial charge in [-0.2, -0.15) is 11.8 Å². The third-order valence-corrected chi connectivity index (χ3v) is 2.97. The normalized spacial score (nSPS) is 11.4. The molecule has 2 amide bonds. The van der Waals surface area contributed by atoms with Crippen LogP contribution in [0.25, 0.3) is 0 Å². The lowest BCUT2D eigenvalue weighted by molar-refractivity contribution is -0.131. The molecule has 2 N–H and O–H groups in total. The van der Waals surface area contributed by atoms with Gasteiger partial charge >= 0.3 is 0 Å². The highest BCUT2D eigenvalue weighted by molar-refractivity contribution is 7.99. The topological polar surface area (TPSA) is 76.7 Å². The van der Waals surface area contributed by atoms with Crippen molar-refractivity contribution in [3.63, 3.8) is 0 Å². The molecule has 0 unspecified atom stereocenters. The summed E-state index contributed by atoms with van der Waals surface area (Å²) in [5.41, 5.74) is 4.63. The van der Waals surface area contributed by atoms with E-state index < -0.39 is 12.0 Å². The smallest absolute Gasteiger partial charge is 0.279 e. The largest absolute Gasteiger partial charge is 0.494 e. The molecule has 0 aliphatic carbocycles. The van der Waals surface area contributed by atoms with Crippen LogP contribution in [0.3, 0.4) is 0 Å². The van der Waals surface area contributed by atoms with Crippen LogP contribution in [-0.4, -0.2) is 36.5 Å². The van der Waals surface area contributed by atoms with Crippen molar-refractivity contribution in [1.29, 1.82) is 0 Å². The molecule has 116 valence electrons. The van der Waals surface area contributed by atoms with Crippen LogP contribution in [-0.2, 0) is 9.59 Å². The van der Waals surface area contributed by atoms with Gasteiger partial charge in [-0.15, -0.1) is 0 Å². The highest BCUT2D eigenvalue weighted by Gasteiger charge is 2.15. The molecule has 1 atom stereocenters. The molecule has 0 radical (unpaired) electrons. The highest BCUT2D eigenvalue weighted by atomic mass is 32.2. The number of hydrogen-bond acceptors (Lipinski definition) is 5. The summed E-state index contributed by atoms with van der Waals surface area (Å²) >= 11 is 1.37. The Morgan fingerprint density at radius 1 is 1.19 bits per heavy atom. The maximum atomic E-state index is 11.7. The van der Waals surface area contributed by atoms with Crippen molar-refractivity contribution >= 4 is 23.6 Å². The number of benzene rings is 1. The monoisotopic (exact) mass is 312 g/mol. The van der Waals surface area contributed by atoms with Gasteiger partial charge in [-0.25, -0.2) is 0 Å². The van der Waals surface area contributed by atoms with Crippen LogP contribution in [0.5, 0.6) is 11.5 Å². The van der Waals surface area contributed by atoms with Gasteiger partial charge < -0.3 is 9.47 Å². The van der Waals surface area contributed by atoms with Crippen LogP contribution in [0.1, 0.15) is 13.8 Å². The molecular weight excluding hydrogens is 292 g/mol. The van der Waals surface area contributed by atoms with Crippen molar-refractivity contribution in [3.8, 4) is 11.5 Å². The van der Waals surface area contributed by atoms with Crippen LogP contribution in [0.4, 0.5) is 0 Å². The predicted molar refractivity (Wildman–Crippen MR) is 82.4 cm³/mol. The fourth-order valence-electron chi connectivity index (χ4n) is 1.44. The first-order valence-electron chi connectivity index (χ1n) is 6.54. The van der Waals surface area contributed by atoms with Crippen molar-refractivity contribution in [3.05, 3.63) is 24.3 Å². The Balaban J connectivity index is 2.42. The summed E-state index contributed by atoms with van der Waals surface area (Å²) in [4.78, 5) is 23.0. The molecule has 0 aromatic heterocycles. The molecule has 0 heterocycles. The molecule has 0 saturated heterocycles. The summed E-state index contributed by atoms with van der Waals surface area (Å²) in [6, 6.07) is 6.98. The van der Waals surface area contributed by atoms with Gasteiger partial charge in [0.1, 0.15) is 11.5 Å². The summed E-state index contributed by atoms with van der Waals surface area (Å²) in [7, 11) is 0. The summed E-state index contributed by atoms with van der Waals surface area (Å²) in [6.45, 7) is 4.10. The molecule has 0 aliphatic heterocycles. The number of ether oxygens (including phenoxy) is 2. The number of carbonyl (C=O) groups is 2. The molecule has 7 heteroatoms. The first-order chi connectivity index (χ1) is 10.1. The molecule has 0 spiro atoms. The Morgan fingerprint density at radius 3 is 2.38 bits per heavy atom. The lowest BCUT2D eigenvalue weighted by atomic mass is 10.3. The Labute approximate surface area is 128 Å². The molecule has 0 aliphatic rings. The first-order valence-corrected chi connectivity index (χ1v) is 7.93. The SMILES string of the molecule is CCOc1ccc(O[C@H](C)C(=O)NNC(=O)CSC)cc1. The number of hydrazine groups is 1. The quantitative estimate of drug-likeness (QED) is 0.744. The average Bonchev–Trinajstić information content (AvgIpc) is 2.47. The number of thioether (sulfide) groups is 1. The van der Waals surface area contributed by atoms with Crippen molar-refractivity contribution in [2.24, 2.45) is 0 Å². The van der Waals surface area contributed by atoms with Gasteiger partial charge in [0, 0.05) is 0 Å². The van der Waals surface area contributed by atoms with E-state index in [9.17, 15) is 9.59 Å². The van der Waals surface area contributed by atoms with E-state index in [0.717, 1.165) is 5.75 Å². The van der Waals surface area contributed by atoms with Gasteiger partial charge in [-0.1, -0.05) is 0 Å².